The Kier molecular flexibility index (Phi) is 12.7. The molecule has 0 aliphatic carbocycles. The van der Waals surface area contributed by atoms with Crippen LogP contribution in [0.3, 0.4) is 0 Å². The SMILES string of the molecule is CCCCCCCCCCCC(=O)NC(O)(CN)CCC. The summed E-state index contributed by atoms with van der Waals surface area (Å²) < 4.78 is 0. The molecule has 0 radical (unpaired) electrons. The number of aliphatic hydroxyl groups is 1. The van der Waals surface area contributed by atoms with Crippen LogP contribution < -0.4 is 11.1 Å². The van der Waals surface area contributed by atoms with Crippen LogP contribution in [0, 0.1) is 0 Å². The first-order valence-electron chi connectivity index (χ1n) is 8.81. The average molecular weight is 300 g/mol. The Labute approximate surface area is 130 Å². The van der Waals surface area contributed by atoms with E-state index in [0.717, 1.165) is 19.3 Å². The fraction of sp³-hybridized carbons (Fsp3) is 0.941. The summed E-state index contributed by atoms with van der Waals surface area (Å²) >= 11 is 0. The van der Waals surface area contributed by atoms with Crippen molar-refractivity contribution in [2.24, 2.45) is 5.73 Å². The number of nitrogens with two attached hydrogens (primary N) is 1. The van der Waals surface area contributed by atoms with Crippen LogP contribution in [0.5, 0.6) is 0 Å². The summed E-state index contributed by atoms with van der Waals surface area (Å²) in [6.07, 6.45) is 12.9. The van der Waals surface area contributed by atoms with Gasteiger partial charge in [-0.25, -0.2) is 0 Å². The highest BCUT2D eigenvalue weighted by atomic mass is 16.3. The second kappa shape index (κ2) is 13.1. The predicted molar refractivity (Wildman–Crippen MR) is 88.9 cm³/mol. The fourth-order valence-corrected chi connectivity index (χ4v) is 2.55. The zero-order valence-corrected chi connectivity index (χ0v) is 14.1. The Morgan fingerprint density at radius 2 is 1.48 bits per heavy atom. The molecule has 0 aromatic carbocycles. The third-order valence-electron chi connectivity index (χ3n) is 3.88. The highest BCUT2D eigenvalue weighted by Gasteiger charge is 2.25. The molecule has 0 fully saturated rings. The number of carbonyl (C=O) groups is 1. The summed E-state index contributed by atoms with van der Waals surface area (Å²) in [6, 6.07) is 0. The topological polar surface area (TPSA) is 75.3 Å². The molecule has 0 aromatic heterocycles. The van der Waals surface area contributed by atoms with Crippen LogP contribution in [-0.4, -0.2) is 23.3 Å². The Bertz CT molecular complexity index is 259. The molecule has 0 saturated carbocycles. The molecule has 0 bridgehead atoms. The molecule has 1 amide bonds. The first kappa shape index (κ1) is 20.4. The third-order valence-corrected chi connectivity index (χ3v) is 3.88. The van der Waals surface area contributed by atoms with Gasteiger partial charge in [0.05, 0.1) is 0 Å². The smallest absolute Gasteiger partial charge is 0.222 e. The largest absolute Gasteiger partial charge is 0.370 e. The first-order valence-corrected chi connectivity index (χ1v) is 8.81. The summed E-state index contributed by atoms with van der Waals surface area (Å²) in [5.41, 5.74) is 4.30. The second-order valence-electron chi connectivity index (χ2n) is 6.11. The standard InChI is InChI=1S/C17H36N2O2/c1-3-5-6-7-8-9-10-11-12-13-16(20)19-17(21,15-18)14-4-2/h21H,3-15,18H2,1-2H3,(H,19,20). The van der Waals surface area contributed by atoms with Crippen LogP contribution in [0.1, 0.15) is 90.9 Å². The molecule has 1 unspecified atom stereocenters. The number of rotatable bonds is 14. The molecule has 21 heavy (non-hydrogen) atoms. The summed E-state index contributed by atoms with van der Waals surface area (Å²) in [4.78, 5) is 11.8. The van der Waals surface area contributed by atoms with Gasteiger partial charge in [-0.15, -0.1) is 0 Å². The third kappa shape index (κ3) is 11.7. The molecular weight excluding hydrogens is 264 g/mol. The Morgan fingerprint density at radius 1 is 0.952 bits per heavy atom. The van der Waals surface area contributed by atoms with Crippen LogP contribution in [0.4, 0.5) is 0 Å². The van der Waals surface area contributed by atoms with Crippen molar-refractivity contribution in [3.8, 4) is 0 Å². The highest BCUT2D eigenvalue weighted by molar-refractivity contribution is 5.76. The van der Waals surface area contributed by atoms with Crippen molar-refractivity contribution >= 4 is 5.91 Å². The lowest BCUT2D eigenvalue weighted by atomic mass is 10.1. The van der Waals surface area contributed by atoms with Crippen LogP contribution >= 0.6 is 0 Å². The second-order valence-corrected chi connectivity index (χ2v) is 6.11. The molecule has 4 nitrogen and oxygen atoms in total. The van der Waals surface area contributed by atoms with Crippen LogP contribution in [0.15, 0.2) is 0 Å². The van der Waals surface area contributed by atoms with E-state index >= 15 is 0 Å². The molecule has 1 atom stereocenters. The minimum absolute atomic E-state index is 0.0737. The molecule has 0 aliphatic heterocycles. The molecule has 0 aromatic rings. The molecule has 0 heterocycles. The van der Waals surface area contributed by atoms with E-state index in [4.69, 9.17) is 5.73 Å². The lowest BCUT2D eigenvalue weighted by Crippen LogP contribution is -2.53. The predicted octanol–water partition coefficient (Wildman–Crippen LogP) is 3.47. The number of carbonyl (C=O) groups excluding carboxylic acids is 1. The van der Waals surface area contributed by atoms with E-state index in [-0.39, 0.29) is 12.5 Å². The van der Waals surface area contributed by atoms with E-state index < -0.39 is 5.72 Å². The van der Waals surface area contributed by atoms with Gasteiger partial charge in [0.1, 0.15) is 5.72 Å². The Hall–Kier alpha value is -0.610. The molecule has 4 heteroatoms. The molecule has 0 aliphatic rings. The number of nitrogens with one attached hydrogen (secondary N) is 1. The molecule has 0 spiro atoms. The molecule has 0 saturated heterocycles. The maximum absolute atomic E-state index is 11.8. The van der Waals surface area contributed by atoms with Gasteiger partial charge in [0, 0.05) is 13.0 Å². The Morgan fingerprint density at radius 3 is 1.95 bits per heavy atom. The molecule has 126 valence electrons. The summed E-state index contributed by atoms with van der Waals surface area (Å²) in [5, 5.41) is 12.7. The van der Waals surface area contributed by atoms with Gasteiger partial charge in [0.2, 0.25) is 5.91 Å². The maximum Gasteiger partial charge on any atom is 0.222 e. The highest BCUT2D eigenvalue weighted by Crippen LogP contribution is 2.11. The lowest BCUT2D eigenvalue weighted by molar-refractivity contribution is -0.128. The minimum atomic E-state index is -1.22. The monoisotopic (exact) mass is 300 g/mol. The van der Waals surface area contributed by atoms with E-state index in [9.17, 15) is 9.90 Å². The Balaban J connectivity index is 3.53. The zero-order chi connectivity index (χ0) is 16.0. The number of unbranched alkanes of at least 4 members (excludes halogenated alkanes) is 8. The van der Waals surface area contributed by atoms with Gasteiger partial charge >= 0.3 is 0 Å². The van der Waals surface area contributed by atoms with Gasteiger partial charge in [0.25, 0.3) is 0 Å². The number of hydrogen-bond acceptors (Lipinski definition) is 3. The molecule has 0 rings (SSSR count). The zero-order valence-electron chi connectivity index (χ0n) is 14.1. The van der Waals surface area contributed by atoms with E-state index in [1.807, 2.05) is 6.92 Å². The van der Waals surface area contributed by atoms with Gasteiger partial charge in [-0.1, -0.05) is 71.6 Å². The average Bonchev–Trinajstić information content (AvgIpc) is 2.45. The molecular formula is C17H36N2O2. The van der Waals surface area contributed by atoms with Crippen molar-refractivity contribution in [1.29, 1.82) is 0 Å². The fourth-order valence-electron chi connectivity index (χ4n) is 2.55. The number of hydrogen-bond donors (Lipinski definition) is 3. The summed E-state index contributed by atoms with van der Waals surface area (Å²) in [5.74, 6) is -0.0839. The maximum atomic E-state index is 11.8. The van der Waals surface area contributed by atoms with Crippen molar-refractivity contribution in [3.63, 3.8) is 0 Å². The van der Waals surface area contributed by atoms with Gasteiger partial charge in [-0.3, -0.25) is 4.79 Å². The number of amides is 1. The summed E-state index contributed by atoms with van der Waals surface area (Å²) in [6.45, 7) is 4.27. The van der Waals surface area contributed by atoms with E-state index in [1.54, 1.807) is 0 Å². The van der Waals surface area contributed by atoms with Gasteiger partial charge in [-0.2, -0.15) is 0 Å². The normalized spacial score (nSPS) is 13.9. The van der Waals surface area contributed by atoms with Crippen molar-refractivity contribution < 1.29 is 9.90 Å². The van der Waals surface area contributed by atoms with Gasteiger partial charge in [-0.05, 0) is 12.8 Å². The van der Waals surface area contributed by atoms with E-state index in [1.165, 1.54) is 44.9 Å². The lowest BCUT2D eigenvalue weighted by Gasteiger charge is -2.27. The van der Waals surface area contributed by atoms with Crippen molar-refractivity contribution in [2.45, 2.75) is 96.6 Å². The van der Waals surface area contributed by atoms with Crippen molar-refractivity contribution in [1.82, 2.24) is 5.32 Å². The van der Waals surface area contributed by atoms with E-state index in [0.29, 0.717) is 12.8 Å². The quantitative estimate of drug-likeness (QED) is 0.339. The van der Waals surface area contributed by atoms with Crippen molar-refractivity contribution in [2.75, 3.05) is 6.54 Å². The van der Waals surface area contributed by atoms with Gasteiger partial charge < -0.3 is 16.2 Å². The van der Waals surface area contributed by atoms with E-state index in [2.05, 4.69) is 12.2 Å². The summed E-state index contributed by atoms with van der Waals surface area (Å²) in [7, 11) is 0. The van der Waals surface area contributed by atoms with Crippen LogP contribution in [0.25, 0.3) is 0 Å². The first-order chi connectivity index (χ1) is 10.1. The molecule has 4 N–H and O–H groups in total. The van der Waals surface area contributed by atoms with Crippen LogP contribution in [0.2, 0.25) is 0 Å². The minimum Gasteiger partial charge on any atom is -0.370 e. The van der Waals surface area contributed by atoms with Crippen molar-refractivity contribution in [3.05, 3.63) is 0 Å². The van der Waals surface area contributed by atoms with Crippen LogP contribution in [-0.2, 0) is 4.79 Å². The van der Waals surface area contributed by atoms with Gasteiger partial charge in [0.15, 0.2) is 0 Å².